The number of benzene rings is 2. The molecule has 5 rings (SSSR count). The number of likely N-dealkylation sites (tertiary alicyclic amines) is 1. The van der Waals surface area contributed by atoms with Crippen LogP contribution in [0.3, 0.4) is 0 Å². The summed E-state index contributed by atoms with van der Waals surface area (Å²) >= 11 is 0. The molecule has 196 valence electrons. The molecule has 0 aliphatic carbocycles. The molecule has 1 unspecified atom stereocenters. The van der Waals surface area contributed by atoms with Crippen LogP contribution in [0, 0.1) is 5.41 Å². The van der Waals surface area contributed by atoms with Crippen molar-refractivity contribution in [3.8, 4) is 0 Å². The van der Waals surface area contributed by atoms with Crippen LogP contribution in [-0.4, -0.2) is 75.4 Å². The first-order valence-electron chi connectivity index (χ1n) is 12.5. The third-order valence-corrected chi connectivity index (χ3v) is 8.76. The van der Waals surface area contributed by atoms with Gasteiger partial charge in [0, 0.05) is 43.9 Å². The Balaban J connectivity index is 1.32. The lowest BCUT2D eigenvalue weighted by atomic mass is 9.88. The zero-order chi connectivity index (χ0) is 26.0. The molecule has 37 heavy (non-hydrogen) atoms. The van der Waals surface area contributed by atoms with Crippen molar-refractivity contribution in [2.45, 2.75) is 42.2 Å². The molecule has 1 atom stereocenters. The lowest BCUT2D eigenvalue weighted by Gasteiger charge is -2.38. The van der Waals surface area contributed by atoms with Crippen molar-refractivity contribution in [2.24, 2.45) is 0 Å². The van der Waals surface area contributed by atoms with Crippen molar-refractivity contribution >= 4 is 27.7 Å². The summed E-state index contributed by atoms with van der Waals surface area (Å²) < 4.78 is 33.8. The topological polar surface area (TPSA) is 141 Å². The van der Waals surface area contributed by atoms with Gasteiger partial charge in [0.1, 0.15) is 0 Å². The minimum atomic E-state index is -3.83. The molecule has 2 aromatic carbocycles. The van der Waals surface area contributed by atoms with Crippen LogP contribution in [0.5, 0.6) is 0 Å². The SMILES string of the molecule is N=C1NCC2(CCN(C(=O)c3ccccc3C(=O)c3cccc(S(=O)(=O)NCC4CCCO4)c3)CC2)N1. The number of piperidine rings is 1. The second-order valence-corrected chi connectivity index (χ2v) is 11.6. The molecule has 4 N–H and O–H groups in total. The van der Waals surface area contributed by atoms with Crippen LogP contribution >= 0.6 is 0 Å². The number of amides is 1. The number of ketones is 1. The molecular formula is C26H31N5O5S. The van der Waals surface area contributed by atoms with E-state index in [1.165, 1.54) is 18.2 Å². The molecule has 3 fully saturated rings. The Labute approximate surface area is 216 Å². The first-order chi connectivity index (χ1) is 17.8. The van der Waals surface area contributed by atoms with Crippen LogP contribution in [-0.2, 0) is 14.8 Å². The van der Waals surface area contributed by atoms with Gasteiger partial charge in [-0.25, -0.2) is 13.1 Å². The molecule has 11 heteroatoms. The number of ether oxygens (including phenoxy) is 1. The fourth-order valence-electron chi connectivity index (χ4n) is 5.14. The van der Waals surface area contributed by atoms with Gasteiger partial charge in [-0.2, -0.15) is 0 Å². The number of hydrogen-bond acceptors (Lipinski definition) is 6. The van der Waals surface area contributed by atoms with Crippen molar-refractivity contribution in [3.63, 3.8) is 0 Å². The van der Waals surface area contributed by atoms with Gasteiger partial charge in [0.25, 0.3) is 5.91 Å². The maximum absolute atomic E-state index is 13.5. The first kappa shape index (κ1) is 25.4. The number of rotatable bonds is 7. The summed E-state index contributed by atoms with van der Waals surface area (Å²) in [5.74, 6) is -0.340. The highest BCUT2D eigenvalue weighted by atomic mass is 32.2. The van der Waals surface area contributed by atoms with Crippen molar-refractivity contribution < 1.29 is 22.7 Å². The summed E-state index contributed by atoms with van der Waals surface area (Å²) in [5.41, 5.74) is 0.501. The molecule has 3 aliphatic rings. The standard InChI is InChI=1S/C26H31N5O5S/c27-25-28-17-26(30-25)10-12-31(13-11-26)24(33)22-9-2-1-8-21(22)23(32)18-5-3-7-20(15-18)37(34,35)29-16-19-6-4-14-36-19/h1-3,5,7-9,15,19,29H,4,6,10-14,16-17H2,(H3,27,28,30). The van der Waals surface area contributed by atoms with E-state index in [4.69, 9.17) is 10.1 Å². The Morgan fingerprint density at radius 3 is 2.54 bits per heavy atom. The van der Waals surface area contributed by atoms with E-state index in [9.17, 15) is 18.0 Å². The fraction of sp³-hybridized carbons (Fsp3) is 0.423. The molecule has 0 saturated carbocycles. The quantitative estimate of drug-likeness (QED) is 0.401. The average Bonchev–Trinajstić information content (AvgIpc) is 3.57. The Hall–Kier alpha value is -3.28. The zero-order valence-corrected chi connectivity index (χ0v) is 21.3. The average molecular weight is 526 g/mol. The van der Waals surface area contributed by atoms with Gasteiger partial charge in [0.15, 0.2) is 11.7 Å². The lowest BCUT2D eigenvalue weighted by molar-refractivity contribution is 0.0665. The third-order valence-electron chi connectivity index (χ3n) is 7.34. The number of carbonyl (C=O) groups excluding carboxylic acids is 2. The van der Waals surface area contributed by atoms with Crippen LogP contribution in [0.1, 0.15) is 52.0 Å². The maximum atomic E-state index is 13.5. The minimum Gasteiger partial charge on any atom is -0.377 e. The monoisotopic (exact) mass is 525 g/mol. The van der Waals surface area contributed by atoms with Crippen LogP contribution in [0.4, 0.5) is 0 Å². The van der Waals surface area contributed by atoms with Crippen molar-refractivity contribution in [1.29, 1.82) is 5.41 Å². The summed E-state index contributed by atoms with van der Waals surface area (Å²) in [5, 5.41) is 14.0. The number of nitrogens with one attached hydrogen (secondary N) is 4. The van der Waals surface area contributed by atoms with Gasteiger partial charge in [0.2, 0.25) is 10.0 Å². The number of sulfonamides is 1. The molecule has 1 spiro atoms. The van der Waals surface area contributed by atoms with E-state index >= 15 is 0 Å². The molecule has 10 nitrogen and oxygen atoms in total. The molecule has 2 aromatic rings. The Bertz CT molecular complexity index is 1310. The van der Waals surface area contributed by atoms with Gasteiger partial charge < -0.3 is 20.3 Å². The van der Waals surface area contributed by atoms with Gasteiger partial charge in [-0.15, -0.1) is 0 Å². The summed E-state index contributed by atoms with van der Waals surface area (Å²) in [6.45, 7) is 2.48. The lowest BCUT2D eigenvalue weighted by Crippen LogP contribution is -2.53. The maximum Gasteiger partial charge on any atom is 0.254 e. The second kappa shape index (κ2) is 10.2. The Morgan fingerprint density at radius 1 is 1.11 bits per heavy atom. The van der Waals surface area contributed by atoms with E-state index in [-0.39, 0.29) is 40.1 Å². The minimum absolute atomic E-state index is 0.00952. The number of carbonyl (C=O) groups is 2. The molecule has 3 heterocycles. The Morgan fingerprint density at radius 2 is 1.86 bits per heavy atom. The van der Waals surface area contributed by atoms with Crippen molar-refractivity contribution in [2.75, 3.05) is 32.8 Å². The van der Waals surface area contributed by atoms with Gasteiger partial charge in [-0.3, -0.25) is 15.0 Å². The van der Waals surface area contributed by atoms with E-state index in [1.54, 1.807) is 35.2 Å². The van der Waals surface area contributed by atoms with Crippen LogP contribution in [0.2, 0.25) is 0 Å². The predicted molar refractivity (Wildman–Crippen MR) is 137 cm³/mol. The highest BCUT2D eigenvalue weighted by Gasteiger charge is 2.40. The largest absolute Gasteiger partial charge is 0.377 e. The second-order valence-electron chi connectivity index (χ2n) is 9.82. The molecule has 0 radical (unpaired) electrons. The van der Waals surface area contributed by atoms with E-state index in [0.29, 0.717) is 50.6 Å². The summed E-state index contributed by atoms with van der Waals surface area (Å²) in [6.07, 6.45) is 2.97. The summed E-state index contributed by atoms with van der Waals surface area (Å²) in [6, 6.07) is 12.5. The summed E-state index contributed by atoms with van der Waals surface area (Å²) in [4.78, 5) is 28.7. The van der Waals surface area contributed by atoms with E-state index in [0.717, 1.165) is 12.8 Å². The van der Waals surface area contributed by atoms with E-state index < -0.39 is 15.8 Å². The van der Waals surface area contributed by atoms with Crippen molar-refractivity contribution in [3.05, 3.63) is 65.2 Å². The predicted octanol–water partition coefficient (Wildman–Crippen LogP) is 1.48. The fourth-order valence-corrected chi connectivity index (χ4v) is 6.25. The molecule has 3 aliphatic heterocycles. The summed E-state index contributed by atoms with van der Waals surface area (Å²) in [7, 11) is -3.83. The highest BCUT2D eigenvalue weighted by Crippen LogP contribution is 2.26. The number of nitrogens with zero attached hydrogens (tertiary/aromatic N) is 1. The number of hydrogen-bond donors (Lipinski definition) is 4. The van der Waals surface area contributed by atoms with Crippen LogP contribution in [0.15, 0.2) is 53.4 Å². The van der Waals surface area contributed by atoms with Crippen LogP contribution < -0.4 is 15.4 Å². The van der Waals surface area contributed by atoms with Gasteiger partial charge in [-0.1, -0.05) is 30.3 Å². The van der Waals surface area contributed by atoms with Gasteiger partial charge in [0.05, 0.1) is 22.1 Å². The zero-order valence-electron chi connectivity index (χ0n) is 20.5. The highest BCUT2D eigenvalue weighted by molar-refractivity contribution is 7.89. The van der Waals surface area contributed by atoms with E-state index in [2.05, 4.69) is 15.4 Å². The molecular weight excluding hydrogens is 494 g/mol. The molecule has 0 aromatic heterocycles. The Kier molecular flexibility index (Phi) is 7.02. The van der Waals surface area contributed by atoms with Gasteiger partial charge >= 0.3 is 0 Å². The molecule has 0 bridgehead atoms. The van der Waals surface area contributed by atoms with E-state index in [1.807, 2.05) is 0 Å². The molecule has 1 amide bonds. The molecule has 3 saturated heterocycles. The van der Waals surface area contributed by atoms with Crippen molar-refractivity contribution in [1.82, 2.24) is 20.3 Å². The third kappa shape index (κ3) is 5.39. The smallest absolute Gasteiger partial charge is 0.254 e. The number of guanidine groups is 1. The normalized spacial score (nSPS) is 21.0. The first-order valence-corrected chi connectivity index (χ1v) is 14.0. The van der Waals surface area contributed by atoms with Crippen LogP contribution in [0.25, 0.3) is 0 Å². The van der Waals surface area contributed by atoms with Gasteiger partial charge in [-0.05, 0) is 43.9 Å².